The van der Waals surface area contributed by atoms with Crippen molar-refractivity contribution in [2.75, 3.05) is 68.3 Å². The molecule has 3 aromatic rings. The lowest BCUT2D eigenvalue weighted by molar-refractivity contribution is -0.111. The van der Waals surface area contributed by atoms with Gasteiger partial charge in [0.1, 0.15) is 11.3 Å². The van der Waals surface area contributed by atoms with E-state index in [0.717, 1.165) is 23.6 Å². The Bertz CT molecular complexity index is 1590. The third-order valence-corrected chi connectivity index (χ3v) is 7.18. The third kappa shape index (κ3) is 7.48. The molecule has 0 saturated carbocycles. The van der Waals surface area contributed by atoms with Crippen LogP contribution in [0.15, 0.2) is 37.1 Å². The number of carbonyl (C=O) groups is 2. The van der Waals surface area contributed by atoms with Gasteiger partial charge in [-0.05, 0) is 59.1 Å². The number of methoxy groups -OCH3 is 1. The summed E-state index contributed by atoms with van der Waals surface area (Å²) in [5.41, 5.74) is 3.44. The molecule has 13 nitrogen and oxygen atoms in total. The first-order chi connectivity index (χ1) is 21.2. The van der Waals surface area contributed by atoms with Gasteiger partial charge in [0.05, 0.1) is 30.3 Å². The molecule has 0 bridgehead atoms. The molecule has 45 heavy (non-hydrogen) atoms. The summed E-state index contributed by atoms with van der Waals surface area (Å²) in [7, 11) is 7.36. The molecule has 0 spiro atoms. The Morgan fingerprint density at radius 1 is 1.13 bits per heavy atom. The smallest absolute Gasteiger partial charge is 0.343 e. The molecule has 1 aliphatic heterocycles. The maximum atomic E-state index is 13.3. The van der Waals surface area contributed by atoms with Crippen LogP contribution in [0.25, 0.3) is 0 Å². The maximum Gasteiger partial charge on any atom is 0.343 e. The number of aryl methyl sites for hydroxylation is 1. The number of carbonyl (C=O) groups excluding carboxylic acids is 2. The summed E-state index contributed by atoms with van der Waals surface area (Å²) >= 11 is 0. The number of rotatable bonds is 12. The summed E-state index contributed by atoms with van der Waals surface area (Å²) in [5, 5.41) is 6.03. The van der Waals surface area contributed by atoms with E-state index >= 15 is 0 Å². The van der Waals surface area contributed by atoms with Crippen LogP contribution in [0.4, 0.5) is 34.6 Å². The second-order valence-electron chi connectivity index (χ2n) is 12.1. The fraction of sp³-hybridized carbons (Fsp3) is 0.438. The minimum absolute atomic E-state index is 0.187. The fourth-order valence-corrected chi connectivity index (χ4v) is 4.95. The second kappa shape index (κ2) is 13.5. The van der Waals surface area contributed by atoms with Crippen molar-refractivity contribution in [3.05, 3.63) is 54.0 Å². The van der Waals surface area contributed by atoms with Gasteiger partial charge in [-0.1, -0.05) is 20.4 Å². The van der Waals surface area contributed by atoms with E-state index in [1.54, 1.807) is 19.9 Å². The van der Waals surface area contributed by atoms with Crippen molar-refractivity contribution >= 4 is 46.5 Å². The van der Waals surface area contributed by atoms with Crippen LogP contribution in [0.3, 0.4) is 0 Å². The van der Waals surface area contributed by atoms with E-state index in [-0.39, 0.29) is 34.8 Å². The number of hydrogen-bond acceptors (Lipinski definition) is 12. The molecule has 3 aromatic heterocycles. The standard InChI is InChI=1S/C32H43N9O4/c1-11-25(42)35-22-16-23(29(44-10)37-28(22)40(9)15-14-39(7)8)36-31-33-17-21(30(43)45-19(2)3)27(38-31)41-18-32(5,6)26-24(41)13-12-20(4)34-26/h11-13,16-17,19H,1,14-15,18H2,2-10H3,(H,35,42)(H,33,36,38). The molecule has 0 radical (unpaired) electrons. The predicted molar refractivity (Wildman–Crippen MR) is 176 cm³/mol. The fourth-order valence-electron chi connectivity index (χ4n) is 4.95. The maximum absolute atomic E-state index is 13.3. The number of amides is 1. The quantitative estimate of drug-likeness (QED) is 0.219. The van der Waals surface area contributed by atoms with E-state index in [2.05, 4.69) is 40.9 Å². The Kier molecular flexibility index (Phi) is 9.91. The number of hydrogen-bond donors (Lipinski definition) is 2. The molecule has 13 heteroatoms. The number of nitrogens with one attached hydrogen (secondary N) is 2. The number of anilines is 6. The second-order valence-corrected chi connectivity index (χ2v) is 12.1. The Morgan fingerprint density at radius 3 is 2.51 bits per heavy atom. The van der Waals surface area contributed by atoms with Crippen molar-refractivity contribution in [3.8, 4) is 5.88 Å². The topological polar surface area (TPSA) is 138 Å². The van der Waals surface area contributed by atoms with Gasteiger partial charge in [0.15, 0.2) is 11.6 Å². The van der Waals surface area contributed by atoms with Crippen LogP contribution >= 0.6 is 0 Å². The number of aromatic nitrogens is 4. The summed E-state index contributed by atoms with van der Waals surface area (Å²) in [6.45, 7) is 15.3. The molecule has 0 unspecified atom stereocenters. The van der Waals surface area contributed by atoms with Crippen LogP contribution in [0.5, 0.6) is 5.88 Å². The largest absolute Gasteiger partial charge is 0.479 e. The summed E-state index contributed by atoms with van der Waals surface area (Å²) in [6, 6.07) is 5.64. The van der Waals surface area contributed by atoms with Gasteiger partial charge in [-0.2, -0.15) is 9.97 Å². The molecule has 0 aromatic carbocycles. The van der Waals surface area contributed by atoms with Gasteiger partial charge in [-0.3, -0.25) is 9.78 Å². The zero-order valence-corrected chi connectivity index (χ0v) is 27.6. The molecule has 0 fully saturated rings. The summed E-state index contributed by atoms with van der Waals surface area (Å²) < 4.78 is 11.2. The van der Waals surface area contributed by atoms with Gasteiger partial charge in [0, 0.05) is 44.0 Å². The van der Waals surface area contributed by atoms with Gasteiger partial charge >= 0.3 is 5.97 Å². The van der Waals surface area contributed by atoms with Crippen molar-refractivity contribution in [2.45, 2.75) is 46.1 Å². The van der Waals surface area contributed by atoms with E-state index in [9.17, 15) is 9.59 Å². The van der Waals surface area contributed by atoms with E-state index in [1.165, 1.54) is 19.4 Å². The SMILES string of the molecule is C=CC(=O)Nc1cc(Nc2ncc(C(=O)OC(C)C)c(N3CC(C)(C)c4nc(C)ccc43)n2)c(OC)nc1N(C)CCN(C)C. The molecule has 0 atom stereocenters. The lowest BCUT2D eigenvalue weighted by atomic mass is 9.91. The van der Waals surface area contributed by atoms with Crippen LogP contribution in [-0.2, 0) is 14.9 Å². The first-order valence-corrected chi connectivity index (χ1v) is 14.7. The summed E-state index contributed by atoms with van der Waals surface area (Å²) in [6.07, 6.45) is 2.31. The summed E-state index contributed by atoms with van der Waals surface area (Å²) in [4.78, 5) is 50.4. The minimum atomic E-state index is -0.531. The third-order valence-electron chi connectivity index (χ3n) is 7.18. The average molecular weight is 618 g/mol. The monoisotopic (exact) mass is 617 g/mol. The Balaban J connectivity index is 1.80. The van der Waals surface area contributed by atoms with Gasteiger partial charge in [-0.25, -0.2) is 9.78 Å². The highest BCUT2D eigenvalue weighted by atomic mass is 16.5. The van der Waals surface area contributed by atoms with Gasteiger partial charge in [0.25, 0.3) is 0 Å². The van der Waals surface area contributed by atoms with Crippen LogP contribution in [0, 0.1) is 6.92 Å². The first kappa shape index (κ1) is 33.1. The molecule has 240 valence electrons. The number of nitrogens with zero attached hydrogens (tertiary/aromatic N) is 7. The number of ether oxygens (including phenoxy) is 2. The van der Waals surface area contributed by atoms with Crippen LogP contribution in [0.1, 0.15) is 49.4 Å². The minimum Gasteiger partial charge on any atom is -0.479 e. The number of pyridine rings is 2. The molecule has 4 rings (SSSR count). The molecule has 0 saturated heterocycles. The Labute approximate surface area is 264 Å². The number of esters is 1. The number of fused-ring (bicyclic) bond motifs is 1. The molecule has 0 aliphatic carbocycles. The van der Waals surface area contributed by atoms with E-state index < -0.39 is 5.97 Å². The van der Waals surface area contributed by atoms with Gasteiger partial charge < -0.3 is 34.8 Å². The Hall–Kier alpha value is -4.78. The lowest BCUT2D eigenvalue weighted by Gasteiger charge is -2.25. The molecular weight excluding hydrogens is 574 g/mol. The average Bonchev–Trinajstić information content (AvgIpc) is 3.24. The highest BCUT2D eigenvalue weighted by Gasteiger charge is 2.39. The van der Waals surface area contributed by atoms with E-state index in [1.807, 2.05) is 50.0 Å². The van der Waals surface area contributed by atoms with E-state index in [0.29, 0.717) is 36.1 Å². The molecular formula is C32H43N9O4. The zero-order valence-electron chi connectivity index (χ0n) is 27.6. The van der Waals surface area contributed by atoms with Gasteiger partial charge in [0.2, 0.25) is 17.7 Å². The van der Waals surface area contributed by atoms with Crippen molar-refractivity contribution in [1.82, 2.24) is 24.8 Å². The summed E-state index contributed by atoms with van der Waals surface area (Å²) in [5.74, 6) is 0.424. The van der Waals surface area contributed by atoms with Crippen LogP contribution in [-0.4, -0.2) is 90.7 Å². The Morgan fingerprint density at radius 2 is 1.87 bits per heavy atom. The predicted octanol–water partition coefficient (Wildman–Crippen LogP) is 4.44. The highest BCUT2D eigenvalue weighted by molar-refractivity contribution is 6.01. The van der Waals surface area contributed by atoms with Crippen molar-refractivity contribution in [1.29, 1.82) is 0 Å². The molecule has 1 aliphatic rings. The first-order valence-electron chi connectivity index (χ1n) is 14.7. The number of likely N-dealkylation sites (N-methyl/N-ethyl adjacent to an activating group) is 2. The van der Waals surface area contributed by atoms with Crippen LogP contribution < -0.4 is 25.2 Å². The van der Waals surface area contributed by atoms with Crippen molar-refractivity contribution < 1.29 is 19.1 Å². The molecule has 2 N–H and O–H groups in total. The highest BCUT2D eigenvalue weighted by Crippen LogP contribution is 2.44. The lowest BCUT2D eigenvalue weighted by Crippen LogP contribution is -2.30. The molecule has 4 heterocycles. The van der Waals surface area contributed by atoms with Crippen LogP contribution in [0.2, 0.25) is 0 Å². The zero-order chi connectivity index (χ0) is 33.1. The van der Waals surface area contributed by atoms with Crippen molar-refractivity contribution in [3.63, 3.8) is 0 Å². The van der Waals surface area contributed by atoms with Crippen molar-refractivity contribution in [2.24, 2.45) is 0 Å². The normalized spacial score (nSPS) is 13.4. The molecule has 1 amide bonds. The van der Waals surface area contributed by atoms with Gasteiger partial charge in [-0.15, -0.1) is 0 Å². The van der Waals surface area contributed by atoms with E-state index in [4.69, 9.17) is 24.4 Å².